The topological polar surface area (TPSA) is 91.8 Å². The van der Waals surface area contributed by atoms with Gasteiger partial charge >= 0.3 is 5.69 Å². The van der Waals surface area contributed by atoms with Crippen molar-refractivity contribution in [3.05, 3.63) is 134 Å². The Bertz CT molecular complexity index is 1570. The average molecular weight is 573 g/mol. The van der Waals surface area contributed by atoms with Crippen LogP contribution in [0.4, 0.5) is 0 Å². The molecule has 3 heterocycles. The van der Waals surface area contributed by atoms with Crippen molar-refractivity contribution in [1.29, 1.82) is 0 Å². The highest BCUT2D eigenvalue weighted by molar-refractivity contribution is 8.00. The van der Waals surface area contributed by atoms with E-state index in [-0.39, 0.29) is 11.9 Å². The van der Waals surface area contributed by atoms with Gasteiger partial charge in [-0.3, -0.25) is 14.3 Å². The fourth-order valence-corrected chi connectivity index (χ4v) is 6.52. The van der Waals surface area contributed by atoms with Crippen LogP contribution in [0.5, 0.6) is 0 Å². The molecule has 1 unspecified atom stereocenters. The van der Waals surface area contributed by atoms with Crippen molar-refractivity contribution in [2.24, 2.45) is 0 Å². The van der Waals surface area contributed by atoms with Crippen molar-refractivity contribution >= 4 is 11.8 Å². The van der Waals surface area contributed by atoms with E-state index >= 15 is 0 Å². The van der Waals surface area contributed by atoms with Crippen LogP contribution in [-0.2, 0) is 25.6 Å². The third kappa shape index (κ3) is 6.10. The lowest BCUT2D eigenvalue weighted by atomic mass is 9.99. The Kier molecular flexibility index (Phi) is 8.23. The number of ether oxygens (including phenoxy) is 4. The van der Waals surface area contributed by atoms with E-state index in [9.17, 15) is 9.59 Å². The number of thioether (sulfide) groups is 1. The average Bonchev–Trinajstić information content (AvgIpc) is 3.00. The SMILES string of the molecule is Cc1ccc(S[C@H]2[C@@H](OCc3ccccc3)[C@H](n3cc(C)c(=O)[nH]c3=O)O[C@@H]3COC(c4ccccc4)O[C@@H]23)cc1. The molecule has 2 aliphatic rings. The molecule has 0 aliphatic carbocycles. The maximum atomic E-state index is 13.1. The molecule has 41 heavy (non-hydrogen) atoms. The predicted octanol–water partition coefficient (Wildman–Crippen LogP) is 4.91. The van der Waals surface area contributed by atoms with E-state index in [0.29, 0.717) is 12.2 Å². The Labute approximate surface area is 242 Å². The molecule has 3 aromatic carbocycles. The lowest BCUT2D eigenvalue weighted by Crippen LogP contribution is -2.60. The maximum absolute atomic E-state index is 13.1. The first-order valence-electron chi connectivity index (χ1n) is 13.6. The molecule has 1 N–H and O–H groups in total. The Morgan fingerprint density at radius 3 is 2.37 bits per heavy atom. The molecule has 4 aromatic rings. The van der Waals surface area contributed by atoms with Gasteiger partial charge in [0.05, 0.1) is 18.5 Å². The van der Waals surface area contributed by atoms with E-state index < -0.39 is 42.1 Å². The van der Waals surface area contributed by atoms with Gasteiger partial charge in [-0.2, -0.15) is 0 Å². The second-order valence-electron chi connectivity index (χ2n) is 10.4. The van der Waals surface area contributed by atoms with Crippen LogP contribution in [0.25, 0.3) is 0 Å². The summed E-state index contributed by atoms with van der Waals surface area (Å²) >= 11 is 1.64. The minimum Gasteiger partial charge on any atom is -0.368 e. The monoisotopic (exact) mass is 572 g/mol. The van der Waals surface area contributed by atoms with Gasteiger partial charge in [-0.25, -0.2) is 4.79 Å². The predicted molar refractivity (Wildman–Crippen MR) is 156 cm³/mol. The zero-order valence-corrected chi connectivity index (χ0v) is 23.7. The van der Waals surface area contributed by atoms with Crippen LogP contribution in [0.3, 0.4) is 0 Å². The number of nitrogens with zero attached hydrogens (tertiary/aromatic N) is 1. The smallest absolute Gasteiger partial charge is 0.330 e. The number of aromatic nitrogens is 2. The van der Waals surface area contributed by atoms with Gasteiger partial charge in [-0.05, 0) is 31.5 Å². The van der Waals surface area contributed by atoms with E-state index in [1.165, 1.54) is 10.8 Å². The number of hydrogen-bond acceptors (Lipinski definition) is 7. The summed E-state index contributed by atoms with van der Waals surface area (Å²) < 4.78 is 27.4. The maximum Gasteiger partial charge on any atom is 0.330 e. The van der Waals surface area contributed by atoms with Crippen molar-refractivity contribution in [2.45, 2.75) is 61.4 Å². The summed E-state index contributed by atoms with van der Waals surface area (Å²) in [7, 11) is 0. The number of H-pyrrole nitrogens is 1. The fraction of sp³-hybridized carbons (Fsp3) is 0.312. The van der Waals surface area contributed by atoms with Crippen LogP contribution >= 0.6 is 11.8 Å². The van der Waals surface area contributed by atoms with Gasteiger partial charge in [-0.1, -0.05) is 78.4 Å². The van der Waals surface area contributed by atoms with Gasteiger partial charge in [-0.15, -0.1) is 11.8 Å². The number of hydrogen-bond donors (Lipinski definition) is 1. The number of nitrogens with one attached hydrogen (secondary N) is 1. The molecule has 6 rings (SSSR count). The molecular formula is C32H32N2O6S. The first-order chi connectivity index (χ1) is 20.0. The normalized spacial score (nSPS) is 25.9. The van der Waals surface area contributed by atoms with Crippen LogP contribution in [0.15, 0.2) is 106 Å². The largest absolute Gasteiger partial charge is 0.368 e. The molecule has 9 heteroatoms. The minimum absolute atomic E-state index is 0.272. The Balaban J connectivity index is 1.41. The lowest BCUT2D eigenvalue weighted by molar-refractivity contribution is -0.314. The molecule has 1 aromatic heterocycles. The van der Waals surface area contributed by atoms with E-state index in [1.54, 1.807) is 18.7 Å². The highest BCUT2D eigenvalue weighted by Gasteiger charge is 2.52. The van der Waals surface area contributed by atoms with Gasteiger partial charge in [0, 0.05) is 22.2 Å². The molecule has 0 bridgehead atoms. The lowest BCUT2D eigenvalue weighted by Gasteiger charge is -2.49. The zero-order chi connectivity index (χ0) is 28.3. The van der Waals surface area contributed by atoms with Crippen molar-refractivity contribution in [3.63, 3.8) is 0 Å². The van der Waals surface area contributed by atoms with Gasteiger partial charge in [0.2, 0.25) is 0 Å². The summed E-state index contributed by atoms with van der Waals surface area (Å²) in [4.78, 5) is 28.8. The summed E-state index contributed by atoms with van der Waals surface area (Å²) in [5.74, 6) is 0. The first kappa shape index (κ1) is 27.7. The summed E-state index contributed by atoms with van der Waals surface area (Å²) in [5.41, 5.74) is 2.49. The molecule has 2 aliphatic heterocycles. The van der Waals surface area contributed by atoms with Crippen LogP contribution in [0.2, 0.25) is 0 Å². The van der Waals surface area contributed by atoms with E-state index in [2.05, 4.69) is 36.2 Å². The van der Waals surface area contributed by atoms with Crippen molar-refractivity contribution in [2.75, 3.05) is 6.61 Å². The third-order valence-electron chi connectivity index (χ3n) is 7.37. The molecule has 2 fully saturated rings. The van der Waals surface area contributed by atoms with Crippen molar-refractivity contribution in [3.8, 4) is 0 Å². The Morgan fingerprint density at radius 1 is 0.927 bits per heavy atom. The van der Waals surface area contributed by atoms with Crippen LogP contribution in [0.1, 0.15) is 34.8 Å². The number of rotatable bonds is 7. The molecular weight excluding hydrogens is 540 g/mol. The molecule has 0 radical (unpaired) electrons. The Hall–Kier alpha value is -3.47. The highest BCUT2D eigenvalue weighted by Crippen LogP contribution is 2.44. The Morgan fingerprint density at radius 2 is 1.63 bits per heavy atom. The molecule has 2 saturated heterocycles. The van der Waals surface area contributed by atoms with Crippen LogP contribution < -0.4 is 11.2 Å². The molecule has 212 valence electrons. The number of aromatic amines is 1. The van der Waals surface area contributed by atoms with E-state index in [4.69, 9.17) is 18.9 Å². The quantitative estimate of drug-likeness (QED) is 0.336. The van der Waals surface area contributed by atoms with Gasteiger partial charge in [0.15, 0.2) is 12.5 Å². The number of aryl methyl sites for hydroxylation is 2. The summed E-state index contributed by atoms with van der Waals surface area (Å²) in [6.45, 7) is 4.30. The highest BCUT2D eigenvalue weighted by atomic mass is 32.2. The third-order valence-corrected chi connectivity index (χ3v) is 8.73. The minimum atomic E-state index is -0.827. The zero-order valence-electron chi connectivity index (χ0n) is 22.8. The standard InChI is InChI=1S/C32H32N2O6S/c1-20-13-15-24(16-14-20)41-28-26-25(19-38-31(40-26)23-11-7-4-8-12-23)39-30(34-17-21(2)29(35)33-32(34)36)27(28)37-18-22-9-5-3-6-10-22/h3-17,25-28,30-31H,18-19H2,1-2H3,(H,33,35,36)/t25-,26-,27-,28-,30-,31?/m1/s1. The molecule has 0 amide bonds. The summed E-state index contributed by atoms with van der Waals surface area (Å²) in [5, 5.41) is -0.278. The molecule has 0 saturated carbocycles. The number of benzene rings is 3. The molecule has 0 spiro atoms. The van der Waals surface area contributed by atoms with E-state index in [0.717, 1.165) is 21.6 Å². The second kappa shape index (κ2) is 12.2. The van der Waals surface area contributed by atoms with Gasteiger partial charge in [0.25, 0.3) is 5.56 Å². The van der Waals surface area contributed by atoms with Crippen molar-refractivity contribution in [1.82, 2.24) is 9.55 Å². The van der Waals surface area contributed by atoms with Crippen molar-refractivity contribution < 1.29 is 18.9 Å². The fourth-order valence-electron chi connectivity index (χ4n) is 5.19. The van der Waals surface area contributed by atoms with Crippen LogP contribution in [-0.4, -0.2) is 39.7 Å². The van der Waals surface area contributed by atoms with Gasteiger partial charge < -0.3 is 18.9 Å². The summed E-state index contributed by atoms with van der Waals surface area (Å²) in [6.07, 6.45) is -1.34. The second-order valence-corrected chi connectivity index (χ2v) is 11.6. The van der Waals surface area contributed by atoms with Crippen LogP contribution in [0, 0.1) is 13.8 Å². The number of fused-ring (bicyclic) bond motifs is 1. The molecule has 8 nitrogen and oxygen atoms in total. The van der Waals surface area contributed by atoms with Gasteiger partial charge in [0.1, 0.15) is 18.3 Å². The molecule has 6 atom stereocenters. The first-order valence-corrected chi connectivity index (χ1v) is 14.5. The van der Waals surface area contributed by atoms with E-state index in [1.807, 2.05) is 60.7 Å². The summed E-state index contributed by atoms with van der Waals surface area (Å²) in [6, 6.07) is 28.0.